The quantitative estimate of drug-likeness (QED) is 0.421. The highest BCUT2D eigenvalue weighted by molar-refractivity contribution is 9.10. The molecule has 1 amide bonds. The van der Waals surface area contributed by atoms with Crippen molar-refractivity contribution in [2.24, 2.45) is 10.8 Å². The van der Waals surface area contributed by atoms with Gasteiger partial charge in [-0.25, -0.2) is 13.2 Å². The van der Waals surface area contributed by atoms with Gasteiger partial charge in [0.25, 0.3) is 15.9 Å². The van der Waals surface area contributed by atoms with Crippen molar-refractivity contribution >= 4 is 43.5 Å². The van der Waals surface area contributed by atoms with Crippen molar-refractivity contribution in [1.82, 2.24) is 4.90 Å². The number of nitrogens with one attached hydrogen (secondary N) is 1. The van der Waals surface area contributed by atoms with Crippen molar-refractivity contribution in [2.45, 2.75) is 57.9 Å². The number of halogens is 1. The highest BCUT2D eigenvalue weighted by Crippen LogP contribution is 2.52. The van der Waals surface area contributed by atoms with Gasteiger partial charge in [-0.2, -0.15) is 0 Å². The van der Waals surface area contributed by atoms with E-state index in [4.69, 9.17) is 9.47 Å². The van der Waals surface area contributed by atoms with Crippen molar-refractivity contribution in [3.05, 3.63) is 52.5 Å². The number of hydrogen-bond acceptors (Lipinski definition) is 6. The zero-order valence-electron chi connectivity index (χ0n) is 21.5. The Balaban J connectivity index is 1.47. The third-order valence-electron chi connectivity index (χ3n) is 6.95. The van der Waals surface area contributed by atoms with Crippen LogP contribution in [0, 0.1) is 10.8 Å². The number of carbonyl (C=O) groups is 2. The number of amides is 1. The molecule has 2 atom stereocenters. The molecule has 1 aliphatic heterocycles. The molecule has 0 spiro atoms. The highest BCUT2D eigenvalue weighted by atomic mass is 79.9. The second kappa shape index (κ2) is 10.3. The van der Waals surface area contributed by atoms with Crippen molar-refractivity contribution in [2.75, 3.05) is 24.5 Å². The molecule has 1 aliphatic carbocycles. The monoisotopic (exact) mass is 592 g/mol. The molecule has 2 unspecified atom stereocenters. The Kier molecular flexibility index (Phi) is 7.63. The van der Waals surface area contributed by atoms with E-state index >= 15 is 0 Å². The first-order chi connectivity index (χ1) is 17.3. The van der Waals surface area contributed by atoms with Gasteiger partial charge in [0.2, 0.25) is 0 Å². The number of ether oxygens (including phenoxy) is 2. The van der Waals surface area contributed by atoms with E-state index in [0.29, 0.717) is 11.0 Å². The summed E-state index contributed by atoms with van der Waals surface area (Å²) in [6.45, 7) is 8.98. The molecule has 2 aliphatic rings. The first kappa shape index (κ1) is 27.4. The van der Waals surface area contributed by atoms with E-state index < -0.39 is 22.6 Å². The molecule has 2 fully saturated rings. The number of nitrogens with zero attached hydrogens (tertiary/aromatic N) is 1. The van der Waals surface area contributed by atoms with Crippen LogP contribution in [0.1, 0.15) is 57.3 Å². The lowest BCUT2D eigenvalue weighted by atomic mass is 9.65. The van der Waals surface area contributed by atoms with Gasteiger partial charge in [-0.15, -0.1) is 0 Å². The fourth-order valence-corrected chi connectivity index (χ4v) is 7.72. The Morgan fingerprint density at radius 2 is 1.86 bits per heavy atom. The number of likely N-dealkylation sites (tertiary alicyclic amines) is 1. The van der Waals surface area contributed by atoms with Crippen LogP contribution < -0.4 is 9.46 Å². The van der Waals surface area contributed by atoms with Gasteiger partial charge in [-0.3, -0.25) is 9.52 Å². The summed E-state index contributed by atoms with van der Waals surface area (Å²) < 4.78 is 40.4. The lowest BCUT2D eigenvalue weighted by molar-refractivity contribution is -0.135. The number of para-hydroxylation sites is 1. The molecule has 2 aromatic carbocycles. The largest absolute Gasteiger partial charge is 0.492 e. The van der Waals surface area contributed by atoms with E-state index in [1.807, 2.05) is 4.90 Å². The van der Waals surface area contributed by atoms with E-state index in [1.165, 1.54) is 18.2 Å². The number of hydrogen-bond donors (Lipinski definition) is 1. The second-order valence-corrected chi connectivity index (χ2v) is 13.6. The van der Waals surface area contributed by atoms with E-state index in [2.05, 4.69) is 41.4 Å². The smallest absolute Gasteiger partial charge is 0.340 e. The number of rotatable bonds is 8. The van der Waals surface area contributed by atoms with E-state index in [-0.39, 0.29) is 51.3 Å². The number of esters is 1. The fourth-order valence-electron chi connectivity index (χ4n) is 5.96. The highest BCUT2D eigenvalue weighted by Gasteiger charge is 2.51. The summed E-state index contributed by atoms with van der Waals surface area (Å²) in [7, 11) is -4.10. The van der Waals surface area contributed by atoms with Gasteiger partial charge in [-0.05, 0) is 67.3 Å². The first-order valence-corrected chi connectivity index (χ1v) is 14.6. The van der Waals surface area contributed by atoms with Crippen LogP contribution in [0.3, 0.4) is 0 Å². The van der Waals surface area contributed by atoms with Crippen LogP contribution in [-0.4, -0.2) is 51.0 Å². The van der Waals surface area contributed by atoms with E-state index in [1.54, 1.807) is 31.2 Å². The van der Waals surface area contributed by atoms with Crippen molar-refractivity contribution in [1.29, 1.82) is 0 Å². The SMILES string of the molecule is CCOc1ccc(Br)cc1S(=O)(=O)Nc1ccccc1C(=O)OCC(=O)N1CC2(C)CC1CC(C)(C)C2. The minimum Gasteiger partial charge on any atom is -0.492 e. The maximum atomic E-state index is 13.2. The van der Waals surface area contributed by atoms with Gasteiger partial charge in [0.15, 0.2) is 6.61 Å². The van der Waals surface area contributed by atoms with E-state index in [9.17, 15) is 18.0 Å². The van der Waals surface area contributed by atoms with Gasteiger partial charge < -0.3 is 14.4 Å². The maximum absolute atomic E-state index is 13.2. The predicted octanol–water partition coefficient (Wildman–Crippen LogP) is 5.23. The van der Waals surface area contributed by atoms with Crippen LogP contribution in [0.25, 0.3) is 0 Å². The van der Waals surface area contributed by atoms with Crippen LogP contribution in [-0.2, 0) is 19.6 Å². The van der Waals surface area contributed by atoms with Crippen LogP contribution in [0.5, 0.6) is 5.75 Å². The van der Waals surface area contributed by atoms with Crippen LogP contribution in [0.15, 0.2) is 51.8 Å². The summed E-state index contributed by atoms with van der Waals surface area (Å²) in [6.07, 6.45) is 2.93. The van der Waals surface area contributed by atoms with E-state index in [0.717, 1.165) is 19.3 Å². The Morgan fingerprint density at radius 3 is 2.59 bits per heavy atom. The number of benzene rings is 2. The van der Waals surface area contributed by atoms with Gasteiger partial charge in [0, 0.05) is 17.1 Å². The lowest BCUT2D eigenvalue weighted by Gasteiger charge is -2.39. The number of sulfonamides is 1. The van der Waals surface area contributed by atoms with Crippen molar-refractivity contribution in [3.63, 3.8) is 0 Å². The summed E-state index contributed by atoms with van der Waals surface area (Å²) in [4.78, 5) is 27.8. The van der Waals surface area contributed by atoms with Gasteiger partial charge in [0.1, 0.15) is 10.6 Å². The molecule has 0 radical (unpaired) electrons. The summed E-state index contributed by atoms with van der Waals surface area (Å²) in [5.74, 6) is -0.815. The van der Waals surface area contributed by atoms with Gasteiger partial charge >= 0.3 is 5.97 Å². The first-order valence-electron chi connectivity index (χ1n) is 12.3. The fraction of sp³-hybridized carbons (Fsp3) is 0.481. The Labute approximate surface area is 226 Å². The van der Waals surface area contributed by atoms with Crippen LogP contribution in [0.4, 0.5) is 5.69 Å². The minimum atomic E-state index is -4.10. The van der Waals surface area contributed by atoms with Crippen LogP contribution in [0.2, 0.25) is 0 Å². The molecule has 2 aromatic rings. The predicted molar refractivity (Wildman–Crippen MR) is 144 cm³/mol. The molecule has 1 heterocycles. The summed E-state index contributed by atoms with van der Waals surface area (Å²) in [5, 5.41) is 0. The topological polar surface area (TPSA) is 102 Å². The summed E-state index contributed by atoms with van der Waals surface area (Å²) in [5.41, 5.74) is 0.299. The number of carbonyl (C=O) groups excluding carboxylic acids is 2. The third kappa shape index (κ3) is 6.12. The Hall–Kier alpha value is -2.59. The number of anilines is 1. The zero-order valence-corrected chi connectivity index (χ0v) is 23.9. The molecule has 2 bridgehead atoms. The zero-order chi connectivity index (χ0) is 27.0. The van der Waals surface area contributed by atoms with Crippen molar-refractivity contribution < 1.29 is 27.5 Å². The molecule has 4 rings (SSSR count). The molecule has 1 saturated heterocycles. The van der Waals surface area contributed by atoms with Crippen molar-refractivity contribution in [3.8, 4) is 5.75 Å². The maximum Gasteiger partial charge on any atom is 0.340 e. The standard InChI is InChI=1S/C27H33BrN2O6S/c1-5-35-22-11-10-18(28)12-23(22)37(33,34)29-21-9-7-6-8-20(21)25(32)36-15-24(31)30-17-27(4)14-19(30)13-26(2,3)16-27/h6-12,19,29H,5,13-17H2,1-4H3. The number of fused-ring (bicyclic) bond motifs is 2. The molecule has 10 heteroatoms. The third-order valence-corrected chi connectivity index (χ3v) is 8.83. The molecule has 37 heavy (non-hydrogen) atoms. The molecule has 8 nitrogen and oxygen atoms in total. The second-order valence-electron chi connectivity index (χ2n) is 11.0. The molecular formula is C27H33BrN2O6S. The molecule has 200 valence electrons. The normalized spacial score (nSPS) is 22.4. The summed E-state index contributed by atoms with van der Waals surface area (Å²) in [6, 6.07) is 11.0. The Bertz CT molecular complexity index is 1310. The van der Waals surface area contributed by atoms with Crippen LogP contribution >= 0.6 is 15.9 Å². The van der Waals surface area contributed by atoms with Gasteiger partial charge in [-0.1, -0.05) is 48.8 Å². The minimum absolute atomic E-state index is 0.0140. The lowest BCUT2D eigenvalue weighted by Crippen LogP contribution is -2.39. The Morgan fingerprint density at radius 1 is 1.14 bits per heavy atom. The molecule has 1 N–H and O–H groups in total. The van der Waals surface area contributed by atoms with Gasteiger partial charge in [0.05, 0.1) is 17.9 Å². The molecule has 0 aromatic heterocycles. The molecule has 1 saturated carbocycles. The molecular weight excluding hydrogens is 560 g/mol. The average molecular weight is 594 g/mol. The average Bonchev–Trinajstić information content (AvgIpc) is 3.07. The summed E-state index contributed by atoms with van der Waals surface area (Å²) >= 11 is 3.29.